The van der Waals surface area contributed by atoms with Crippen molar-refractivity contribution >= 4 is 0 Å². The smallest absolute Gasteiger partial charge is 0.0548 e. The molecule has 0 heterocycles. The van der Waals surface area contributed by atoms with Gasteiger partial charge < -0.3 is 5.11 Å². The van der Waals surface area contributed by atoms with Gasteiger partial charge in [-0.25, -0.2) is 0 Å². The Morgan fingerprint density at radius 3 is 2.75 bits per heavy atom. The molecule has 7 atom stereocenters. The van der Waals surface area contributed by atoms with Crippen molar-refractivity contribution in [3.8, 4) is 0 Å². The number of allylic oxidation sites excluding steroid dienone is 2. The van der Waals surface area contributed by atoms with Crippen molar-refractivity contribution in [1.29, 1.82) is 0 Å². The molecule has 0 saturated heterocycles. The minimum Gasteiger partial charge on any atom is -0.393 e. The van der Waals surface area contributed by atoms with Gasteiger partial charge in [-0.15, -0.1) is 0 Å². The summed E-state index contributed by atoms with van der Waals surface area (Å²) >= 11 is 0. The minimum absolute atomic E-state index is 0.0174. The zero-order valence-corrected chi connectivity index (χ0v) is 13.1. The maximum Gasteiger partial charge on any atom is 0.0548 e. The second-order valence-electron chi connectivity index (χ2n) is 8.78. The van der Waals surface area contributed by atoms with Gasteiger partial charge in [-0.05, 0) is 85.9 Å². The van der Waals surface area contributed by atoms with Crippen molar-refractivity contribution in [2.75, 3.05) is 0 Å². The highest BCUT2D eigenvalue weighted by atomic mass is 16.3. The lowest BCUT2D eigenvalue weighted by atomic mass is 9.46. The summed E-state index contributed by atoms with van der Waals surface area (Å²) in [7, 11) is 0. The summed E-state index contributed by atoms with van der Waals surface area (Å²) in [4.78, 5) is 0. The number of hydrogen-bond acceptors (Lipinski definition) is 1. The first-order chi connectivity index (χ1) is 9.53. The third-order valence-electron chi connectivity index (χ3n) is 7.87. The van der Waals surface area contributed by atoms with Crippen LogP contribution in [0.2, 0.25) is 0 Å². The Morgan fingerprint density at radius 1 is 1.05 bits per heavy atom. The fraction of sp³-hybridized carbons (Fsp3) is 0.895. The number of hydrogen-bond donors (Lipinski definition) is 1. The Hall–Kier alpha value is -0.300. The highest BCUT2D eigenvalue weighted by Crippen LogP contribution is 2.65. The Balaban J connectivity index is 1.67. The summed E-state index contributed by atoms with van der Waals surface area (Å²) in [6.07, 6.45) is 15.5. The third kappa shape index (κ3) is 1.71. The van der Waals surface area contributed by atoms with Crippen molar-refractivity contribution < 1.29 is 5.11 Å². The molecule has 3 saturated carbocycles. The molecular weight excluding hydrogens is 244 g/mol. The van der Waals surface area contributed by atoms with E-state index in [-0.39, 0.29) is 6.10 Å². The molecule has 4 aliphatic carbocycles. The molecule has 112 valence electrons. The lowest BCUT2D eigenvalue weighted by Crippen LogP contribution is -2.50. The van der Waals surface area contributed by atoms with Crippen LogP contribution in [0.1, 0.15) is 65.2 Å². The standard InChI is InChI=1S/C19H30O/c1-18-10-8-16-15(17(18)11-14(20)12-18)7-6-13-5-3-4-9-19(13,16)2/h4,9,13-17,20H,3,5-8,10-12H2,1-2H3/t13?,14-,15-,16+,17+,18-,19+/m1/s1. The fourth-order valence-corrected chi connectivity index (χ4v) is 6.84. The van der Waals surface area contributed by atoms with Crippen LogP contribution in [0, 0.1) is 34.5 Å². The predicted octanol–water partition coefficient (Wildman–Crippen LogP) is 4.56. The zero-order chi connectivity index (χ0) is 14.0. The second-order valence-corrected chi connectivity index (χ2v) is 8.78. The molecule has 0 bridgehead atoms. The van der Waals surface area contributed by atoms with E-state index in [0.29, 0.717) is 10.8 Å². The largest absolute Gasteiger partial charge is 0.393 e. The van der Waals surface area contributed by atoms with E-state index >= 15 is 0 Å². The van der Waals surface area contributed by atoms with Gasteiger partial charge >= 0.3 is 0 Å². The first-order valence-corrected chi connectivity index (χ1v) is 8.89. The summed E-state index contributed by atoms with van der Waals surface area (Å²) in [5.74, 6) is 3.50. The molecule has 0 aromatic rings. The van der Waals surface area contributed by atoms with E-state index in [1.165, 1.54) is 38.5 Å². The van der Waals surface area contributed by atoms with Gasteiger partial charge in [0.2, 0.25) is 0 Å². The van der Waals surface area contributed by atoms with E-state index in [0.717, 1.165) is 36.5 Å². The first-order valence-electron chi connectivity index (χ1n) is 8.89. The molecule has 0 aliphatic heterocycles. The van der Waals surface area contributed by atoms with Crippen LogP contribution in [-0.2, 0) is 0 Å². The lowest BCUT2D eigenvalue weighted by molar-refractivity contribution is -0.0679. The Morgan fingerprint density at radius 2 is 1.90 bits per heavy atom. The Labute approximate surface area is 123 Å². The summed E-state index contributed by atoms with van der Waals surface area (Å²) < 4.78 is 0. The van der Waals surface area contributed by atoms with Gasteiger partial charge in [0.25, 0.3) is 0 Å². The molecule has 0 aromatic carbocycles. The zero-order valence-electron chi connectivity index (χ0n) is 13.1. The van der Waals surface area contributed by atoms with Crippen molar-refractivity contribution in [2.45, 2.75) is 71.3 Å². The molecule has 0 spiro atoms. The van der Waals surface area contributed by atoms with Crippen molar-refractivity contribution in [2.24, 2.45) is 34.5 Å². The van der Waals surface area contributed by atoms with Gasteiger partial charge in [-0.2, -0.15) is 0 Å². The molecule has 0 amide bonds. The van der Waals surface area contributed by atoms with Crippen molar-refractivity contribution in [3.05, 3.63) is 12.2 Å². The first kappa shape index (κ1) is 13.4. The molecule has 0 aromatic heterocycles. The average Bonchev–Trinajstić information content (AvgIpc) is 2.72. The van der Waals surface area contributed by atoms with Crippen molar-refractivity contribution in [1.82, 2.24) is 0 Å². The topological polar surface area (TPSA) is 20.2 Å². The highest BCUT2D eigenvalue weighted by molar-refractivity contribution is 5.15. The van der Waals surface area contributed by atoms with Crippen LogP contribution < -0.4 is 0 Å². The average molecular weight is 274 g/mol. The molecule has 20 heavy (non-hydrogen) atoms. The Bertz CT molecular complexity index is 427. The van der Waals surface area contributed by atoms with E-state index in [2.05, 4.69) is 26.0 Å². The van der Waals surface area contributed by atoms with Crippen LogP contribution in [-0.4, -0.2) is 11.2 Å². The van der Waals surface area contributed by atoms with Gasteiger partial charge in [0.15, 0.2) is 0 Å². The molecule has 1 N–H and O–H groups in total. The molecule has 3 fully saturated rings. The van der Waals surface area contributed by atoms with Gasteiger partial charge in [0.05, 0.1) is 6.10 Å². The van der Waals surface area contributed by atoms with Gasteiger partial charge in [-0.3, -0.25) is 0 Å². The summed E-state index contributed by atoms with van der Waals surface area (Å²) in [5.41, 5.74) is 0.915. The van der Waals surface area contributed by atoms with E-state index in [9.17, 15) is 5.11 Å². The molecule has 1 nitrogen and oxygen atoms in total. The maximum absolute atomic E-state index is 10.2. The number of aliphatic hydroxyl groups is 1. The third-order valence-corrected chi connectivity index (χ3v) is 7.87. The lowest BCUT2D eigenvalue weighted by Gasteiger charge is -2.58. The van der Waals surface area contributed by atoms with E-state index < -0.39 is 0 Å². The van der Waals surface area contributed by atoms with Crippen LogP contribution in [0.4, 0.5) is 0 Å². The van der Waals surface area contributed by atoms with Crippen LogP contribution in [0.15, 0.2) is 12.2 Å². The van der Waals surface area contributed by atoms with Gasteiger partial charge in [0, 0.05) is 0 Å². The summed E-state index contributed by atoms with van der Waals surface area (Å²) in [6, 6.07) is 0. The normalized spacial score (nSPS) is 57.9. The number of aliphatic hydroxyl groups excluding tert-OH is 1. The molecular formula is C19H30O. The van der Waals surface area contributed by atoms with E-state index in [4.69, 9.17) is 0 Å². The Kier molecular flexibility index (Phi) is 2.91. The monoisotopic (exact) mass is 274 g/mol. The van der Waals surface area contributed by atoms with Crippen LogP contribution in [0.3, 0.4) is 0 Å². The quantitative estimate of drug-likeness (QED) is 0.642. The molecule has 4 aliphatic rings. The molecule has 0 radical (unpaired) electrons. The number of fused-ring (bicyclic) bond motifs is 5. The summed E-state index contributed by atoms with van der Waals surface area (Å²) in [6.45, 7) is 5.02. The predicted molar refractivity (Wildman–Crippen MR) is 82.3 cm³/mol. The van der Waals surface area contributed by atoms with E-state index in [1.54, 1.807) is 0 Å². The van der Waals surface area contributed by atoms with Crippen LogP contribution >= 0.6 is 0 Å². The summed E-state index contributed by atoms with van der Waals surface area (Å²) in [5, 5.41) is 10.2. The fourth-order valence-electron chi connectivity index (χ4n) is 6.84. The maximum atomic E-state index is 10.2. The van der Waals surface area contributed by atoms with E-state index in [1.807, 2.05) is 0 Å². The highest BCUT2D eigenvalue weighted by Gasteiger charge is 2.57. The minimum atomic E-state index is -0.0174. The van der Waals surface area contributed by atoms with Gasteiger partial charge in [0.1, 0.15) is 0 Å². The van der Waals surface area contributed by atoms with Gasteiger partial charge in [-0.1, -0.05) is 26.0 Å². The van der Waals surface area contributed by atoms with Crippen LogP contribution in [0.25, 0.3) is 0 Å². The molecule has 1 unspecified atom stereocenters. The molecule has 1 heteroatoms. The van der Waals surface area contributed by atoms with Crippen LogP contribution in [0.5, 0.6) is 0 Å². The molecule has 4 rings (SSSR count). The van der Waals surface area contributed by atoms with Crippen molar-refractivity contribution in [3.63, 3.8) is 0 Å². The second kappa shape index (κ2) is 4.35. The number of rotatable bonds is 0. The SMILES string of the molecule is C[C@]12CC[C@H]3[C@@H](CCC4CCC=C[C@@]43C)[C@@H]1C[C@@H](O)C2.